The van der Waals surface area contributed by atoms with Crippen molar-refractivity contribution in [2.75, 3.05) is 13.2 Å². The summed E-state index contributed by atoms with van der Waals surface area (Å²) in [6, 6.07) is 0. The summed E-state index contributed by atoms with van der Waals surface area (Å²) in [5.41, 5.74) is 0. The number of ether oxygens (including phenoxy) is 3. The second-order valence-corrected chi connectivity index (χ2v) is 21.3. The molecule has 0 aliphatic heterocycles. The van der Waals surface area contributed by atoms with E-state index in [-0.39, 0.29) is 31.1 Å². The van der Waals surface area contributed by atoms with Crippen molar-refractivity contribution < 1.29 is 28.6 Å². The number of hydrogen-bond acceptors (Lipinski definition) is 6. The molecule has 1 unspecified atom stereocenters. The van der Waals surface area contributed by atoms with Crippen LogP contribution in [0.3, 0.4) is 0 Å². The van der Waals surface area contributed by atoms with Gasteiger partial charge in [0.15, 0.2) is 6.10 Å². The third kappa shape index (κ3) is 59.7. The second-order valence-electron chi connectivity index (χ2n) is 21.3. The number of carbonyl (C=O) groups is 3. The fraction of sp³-hybridized carbons (Fsp3) is 0.779. The first kappa shape index (κ1) is 70.8. The Morgan fingerprint density at radius 2 is 0.527 bits per heavy atom. The van der Waals surface area contributed by atoms with Crippen LogP contribution in [0.2, 0.25) is 0 Å². The summed E-state index contributed by atoms with van der Waals surface area (Å²) in [6.45, 7) is 6.54. The molecule has 0 radical (unpaired) electrons. The molecule has 6 heteroatoms. The molecule has 428 valence electrons. The third-order valence-electron chi connectivity index (χ3n) is 13.9. The van der Waals surface area contributed by atoms with E-state index in [1.165, 1.54) is 180 Å². The van der Waals surface area contributed by atoms with Gasteiger partial charge in [-0.15, -0.1) is 0 Å². The average Bonchev–Trinajstić information content (AvgIpc) is 3.40. The molecular weight excluding hydrogens is 913 g/mol. The van der Waals surface area contributed by atoms with Gasteiger partial charge in [0.1, 0.15) is 13.2 Å². The quantitative estimate of drug-likeness (QED) is 0.0261. The summed E-state index contributed by atoms with van der Waals surface area (Å²) >= 11 is 0. The van der Waals surface area contributed by atoms with Crippen molar-refractivity contribution in [2.45, 2.75) is 329 Å². The van der Waals surface area contributed by atoms with E-state index in [2.05, 4.69) is 93.7 Å². The highest BCUT2D eigenvalue weighted by Gasteiger charge is 2.19. The van der Waals surface area contributed by atoms with Gasteiger partial charge in [-0.1, -0.05) is 286 Å². The van der Waals surface area contributed by atoms with Gasteiger partial charge in [0.05, 0.1) is 0 Å². The summed E-state index contributed by atoms with van der Waals surface area (Å²) < 4.78 is 16.9. The molecule has 0 saturated heterocycles. The Morgan fingerprint density at radius 1 is 0.284 bits per heavy atom. The lowest BCUT2D eigenvalue weighted by Crippen LogP contribution is -2.30. The van der Waals surface area contributed by atoms with Crippen molar-refractivity contribution in [3.63, 3.8) is 0 Å². The molecule has 0 rings (SSSR count). The maximum Gasteiger partial charge on any atom is 0.306 e. The zero-order valence-electron chi connectivity index (χ0n) is 49.1. The maximum atomic E-state index is 12.9. The van der Waals surface area contributed by atoms with Gasteiger partial charge in [-0.2, -0.15) is 0 Å². The van der Waals surface area contributed by atoms with Crippen molar-refractivity contribution in [1.82, 2.24) is 0 Å². The normalized spacial score (nSPS) is 12.5. The Labute approximate surface area is 459 Å². The van der Waals surface area contributed by atoms with E-state index < -0.39 is 6.10 Å². The van der Waals surface area contributed by atoms with Crippen molar-refractivity contribution in [3.8, 4) is 0 Å². The molecule has 74 heavy (non-hydrogen) atoms. The lowest BCUT2D eigenvalue weighted by molar-refractivity contribution is -0.167. The van der Waals surface area contributed by atoms with Crippen LogP contribution < -0.4 is 0 Å². The molecule has 0 bridgehead atoms. The minimum atomic E-state index is -0.783. The molecule has 0 saturated carbocycles. The Kier molecular flexibility index (Phi) is 59.7. The van der Waals surface area contributed by atoms with Crippen LogP contribution in [-0.2, 0) is 28.6 Å². The van der Waals surface area contributed by atoms with E-state index >= 15 is 0 Å². The van der Waals surface area contributed by atoms with Crippen LogP contribution in [0.5, 0.6) is 0 Å². The molecule has 0 heterocycles. The van der Waals surface area contributed by atoms with Crippen molar-refractivity contribution >= 4 is 17.9 Å². The fourth-order valence-electron chi connectivity index (χ4n) is 9.17. The summed E-state index contributed by atoms with van der Waals surface area (Å²) in [5.74, 6) is -0.882. The fourth-order valence-corrected chi connectivity index (χ4v) is 9.17. The van der Waals surface area contributed by atoms with Crippen LogP contribution in [-0.4, -0.2) is 37.2 Å². The molecule has 0 fully saturated rings. The van der Waals surface area contributed by atoms with Crippen LogP contribution in [0.1, 0.15) is 323 Å². The Balaban J connectivity index is 4.35. The van der Waals surface area contributed by atoms with E-state index in [0.717, 1.165) is 103 Å². The average molecular weight is 1030 g/mol. The topological polar surface area (TPSA) is 78.9 Å². The predicted molar refractivity (Wildman–Crippen MR) is 321 cm³/mol. The summed E-state index contributed by atoms with van der Waals surface area (Å²) in [7, 11) is 0. The molecule has 0 N–H and O–H groups in total. The monoisotopic (exact) mass is 1030 g/mol. The minimum Gasteiger partial charge on any atom is -0.462 e. The SMILES string of the molecule is CC/C=C\C/C=C\C/C=C\C/C=C\C/C=C\CCCCCCCCCC(=O)OCC(COC(=O)CCCCCCC/C=C\CCCCCCC)OC(=O)CCCCCCCCCCCCCCCCCCCCC. The molecular formula is C68H120O6. The smallest absolute Gasteiger partial charge is 0.306 e. The van der Waals surface area contributed by atoms with Gasteiger partial charge in [-0.05, 0) is 89.9 Å². The van der Waals surface area contributed by atoms with E-state index in [4.69, 9.17) is 14.2 Å². The first-order valence-electron chi connectivity index (χ1n) is 31.9. The van der Waals surface area contributed by atoms with Crippen molar-refractivity contribution in [2.24, 2.45) is 0 Å². The second kappa shape index (κ2) is 62.4. The van der Waals surface area contributed by atoms with Crippen LogP contribution in [0.25, 0.3) is 0 Å². The van der Waals surface area contributed by atoms with Gasteiger partial charge >= 0.3 is 17.9 Å². The summed E-state index contributed by atoms with van der Waals surface area (Å²) in [4.78, 5) is 38.3. The third-order valence-corrected chi connectivity index (χ3v) is 13.9. The van der Waals surface area contributed by atoms with Crippen LogP contribution in [0, 0.1) is 0 Å². The molecule has 0 spiro atoms. The zero-order chi connectivity index (χ0) is 53.6. The first-order valence-corrected chi connectivity index (χ1v) is 31.9. The van der Waals surface area contributed by atoms with Gasteiger partial charge in [0, 0.05) is 19.3 Å². The molecule has 6 nitrogen and oxygen atoms in total. The minimum absolute atomic E-state index is 0.0803. The number of hydrogen-bond donors (Lipinski definition) is 0. The predicted octanol–water partition coefficient (Wildman–Crippen LogP) is 21.7. The molecule has 0 aromatic heterocycles. The largest absolute Gasteiger partial charge is 0.462 e. The van der Waals surface area contributed by atoms with Gasteiger partial charge in [0.2, 0.25) is 0 Å². The highest BCUT2D eigenvalue weighted by Crippen LogP contribution is 2.17. The van der Waals surface area contributed by atoms with Gasteiger partial charge in [-0.25, -0.2) is 0 Å². The van der Waals surface area contributed by atoms with Gasteiger partial charge in [0.25, 0.3) is 0 Å². The molecule has 0 aromatic carbocycles. The molecule has 0 amide bonds. The van der Waals surface area contributed by atoms with Crippen LogP contribution in [0.4, 0.5) is 0 Å². The van der Waals surface area contributed by atoms with E-state index in [9.17, 15) is 14.4 Å². The van der Waals surface area contributed by atoms with E-state index in [1.54, 1.807) is 0 Å². The maximum absolute atomic E-state index is 12.9. The number of rotatable bonds is 58. The van der Waals surface area contributed by atoms with Crippen LogP contribution >= 0.6 is 0 Å². The van der Waals surface area contributed by atoms with Gasteiger partial charge in [-0.3, -0.25) is 14.4 Å². The highest BCUT2D eigenvalue weighted by atomic mass is 16.6. The van der Waals surface area contributed by atoms with Crippen molar-refractivity contribution in [3.05, 3.63) is 72.9 Å². The van der Waals surface area contributed by atoms with Gasteiger partial charge < -0.3 is 14.2 Å². The molecule has 0 aliphatic rings. The lowest BCUT2D eigenvalue weighted by Gasteiger charge is -2.18. The van der Waals surface area contributed by atoms with Crippen LogP contribution in [0.15, 0.2) is 72.9 Å². The number of esters is 3. The summed E-state index contributed by atoms with van der Waals surface area (Å²) in [6.07, 6.45) is 80.4. The first-order chi connectivity index (χ1) is 36.5. The van der Waals surface area contributed by atoms with E-state index in [1.807, 2.05) is 0 Å². The molecule has 0 aliphatic carbocycles. The molecule has 1 atom stereocenters. The Hall–Kier alpha value is -3.15. The summed E-state index contributed by atoms with van der Waals surface area (Å²) in [5, 5.41) is 0. The molecule has 0 aromatic rings. The van der Waals surface area contributed by atoms with E-state index in [0.29, 0.717) is 19.3 Å². The number of carbonyl (C=O) groups excluding carboxylic acids is 3. The number of allylic oxidation sites excluding steroid dienone is 12. The standard InChI is InChI=1S/C68H120O6/c1-4-7-10-13-16-19-22-25-28-30-32-33-34-35-37-38-40-43-46-49-52-55-58-61-67(70)73-64-65(63-72-66(69)60-57-54-51-48-45-42-27-24-21-18-15-12-9-6-3)74-68(71)62-59-56-53-50-47-44-41-39-36-31-29-26-23-20-17-14-11-8-5-2/h7,10,16,19,24-25,27-28,32-33,35,37,65H,4-6,8-9,11-15,17-18,20-23,26,29-31,34,36,38-64H2,1-3H3/b10-7-,19-16-,27-24-,28-25-,33-32-,37-35-. The lowest BCUT2D eigenvalue weighted by atomic mass is 10.0. The Morgan fingerprint density at radius 3 is 0.838 bits per heavy atom. The number of unbranched alkanes of at least 4 members (excludes halogenated alkanes) is 35. The van der Waals surface area contributed by atoms with Crippen molar-refractivity contribution in [1.29, 1.82) is 0 Å². The highest BCUT2D eigenvalue weighted by molar-refractivity contribution is 5.71. The Bertz CT molecular complexity index is 1370. The zero-order valence-corrected chi connectivity index (χ0v) is 49.1.